The Bertz CT molecular complexity index is 1410. The number of hydrogen-bond donors (Lipinski definition) is 1. The molecule has 2 aliphatic rings. The number of nitrogens with zero attached hydrogens (tertiary/aromatic N) is 7. The smallest absolute Gasteiger partial charge is 0.232 e. The summed E-state index contributed by atoms with van der Waals surface area (Å²) in [5, 5.41) is 16.7. The maximum absolute atomic E-state index is 13.4. The van der Waals surface area contributed by atoms with E-state index in [1.54, 1.807) is 30.7 Å². The van der Waals surface area contributed by atoms with Crippen molar-refractivity contribution in [3.63, 3.8) is 0 Å². The van der Waals surface area contributed by atoms with Crippen LogP contribution in [0.3, 0.4) is 0 Å². The Kier molecular flexibility index (Phi) is 4.67. The van der Waals surface area contributed by atoms with Gasteiger partial charge in [0, 0.05) is 23.2 Å². The minimum atomic E-state index is -0.335. The van der Waals surface area contributed by atoms with E-state index in [0.29, 0.717) is 27.3 Å². The first kappa shape index (κ1) is 20.6. The summed E-state index contributed by atoms with van der Waals surface area (Å²) in [5.41, 5.74) is 3.98. The average Bonchev–Trinajstić information content (AvgIpc) is 3.47. The third-order valence-electron chi connectivity index (χ3n) is 6.76. The zero-order valence-corrected chi connectivity index (χ0v) is 19.3. The molecule has 1 atom stereocenters. The predicted octanol–water partition coefficient (Wildman–Crippen LogP) is 4.12. The van der Waals surface area contributed by atoms with E-state index in [1.165, 1.54) is 4.80 Å². The number of nitrogens with one attached hydrogen (secondary N) is 1. The molecule has 11 heteroatoms. The molecule has 33 heavy (non-hydrogen) atoms. The van der Waals surface area contributed by atoms with Crippen LogP contribution >= 0.6 is 23.2 Å². The van der Waals surface area contributed by atoms with E-state index < -0.39 is 0 Å². The number of fused-ring (bicyclic) bond motifs is 4. The van der Waals surface area contributed by atoms with Crippen LogP contribution in [0.15, 0.2) is 30.7 Å². The fourth-order valence-electron chi connectivity index (χ4n) is 5.01. The van der Waals surface area contributed by atoms with Crippen LogP contribution in [0.4, 0.5) is 5.69 Å². The molecule has 0 aromatic carbocycles. The zero-order valence-electron chi connectivity index (χ0n) is 17.8. The van der Waals surface area contributed by atoms with Crippen molar-refractivity contribution >= 4 is 40.4 Å². The van der Waals surface area contributed by atoms with Gasteiger partial charge in [-0.25, -0.2) is 14.5 Å². The van der Waals surface area contributed by atoms with Gasteiger partial charge in [-0.05, 0) is 31.7 Å². The highest BCUT2D eigenvalue weighted by atomic mass is 35.5. The van der Waals surface area contributed by atoms with Crippen molar-refractivity contribution in [1.29, 1.82) is 0 Å². The lowest BCUT2D eigenvalue weighted by Crippen LogP contribution is -2.34. The van der Waals surface area contributed by atoms with Crippen molar-refractivity contribution in [2.24, 2.45) is 0 Å². The van der Waals surface area contributed by atoms with Gasteiger partial charge in [0.15, 0.2) is 16.6 Å². The van der Waals surface area contributed by atoms with Gasteiger partial charge in [0.05, 0.1) is 40.4 Å². The number of amides is 1. The van der Waals surface area contributed by atoms with E-state index in [2.05, 4.69) is 30.6 Å². The van der Waals surface area contributed by atoms with Gasteiger partial charge >= 0.3 is 0 Å². The van der Waals surface area contributed by atoms with Crippen LogP contribution in [0, 0.1) is 0 Å². The summed E-state index contributed by atoms with van der Waals surface area (Å²) in [6, 6.07) is 3.41. The molecule has 1 spiro atoms. The van der Waals surface area contributed by atoms with Gasteiger partial charge in [-0.15, -0.1) is 4.80 Å². The lowest BCUT2D eigenvalue weighted by Gasteiger charge is -2.39. The maximum atomic E-state index is 13.4. The standard InChI is InChI=1S/C22H20Cl2N8O/c1-2-12-10-27-32(29-12)20-16(23)6-13(9-26-20)28-21(33)14-8-22(4-3-5-22)19-15(14)11-25-18-7-17(24)30-31(18)19/h6-7,9-11,14H,2-5,8H2,1H3,(H,28,33). The Balaban J connectivity index is 1.30. The fourth-order valence-corrected chi connectivity index (χ4v) is 5.43. The Morgan fingerprint density at radius 2 is 2.03 bits per heavy atom. The molecule has 0 aliphatic heterocycles. The van der Waals surface area contributed by atoms with E-state index >= 15 is 0 Å². The summed E-state index contributed by atoms with van der Waals surface area (Å²) >= 11 is 12.6. The van der Waals surface area contributed by atoms with Crippen LogP contribution in [-0.2, 0) is 16.6 Å². The van der Waals surface area contributed by atoms with E-state index in [-0.39, 0.29) is 17.2 Å². The number of anilines is 1. The Morgan fingerprint density at radius 1 is 1.18 bits per heavy atom. The lowest BCUT2D eigenvalue weighted by molar-refractivity contribution is -0.117. The number of halogens is 2. The maximum Gasteiger partial charge on any atom is 0.232 e. The van der Waals surface area contributed by atoms with Gasteiger partial charge in [-0.1, -0.05) is 36.5 Å². The van der Waals surface area contributed by atoms with Crippen LogP contribution in [-0.4, -0.2) is 40.5 Å². The molecule has 1 saturated carbocycles. The molecule has 1 fully saturated rings. The molecule has 9 nitrogen and oxygen atoms in total. The number of pyridine rings is 1. The highest BCUT2D eigenvalue weighted by Gasteiger charge is 2.52. The third-order valence-corrected chi connectivity index (χ3v) is 7.22. The van der Waals surface area contributed by atoms with Gasteiger partial charge in [-0.2, -0.15) is 15.3 Å². The third kappa shape index (κ3) is 3.21. The molecule has 4 heterocycles. The molecule has 1 amide bonds. The molecule has 4 aromatic heterocycles. The summed E-state index contributed by atoms with van der Waals surface area (Å²) in [5.74, 6) is -0.0369. The topological polar surface area (TPSA) is 103 Å². The van der Waals surface area contributed by atoms with Crippen LogP contribution < -0.4 is 5.32 Å². The molecular formula is C22H20Cl2N8O. The molecule has 6 rings (SSSR count). The number of hydrogen-bond acceptors (Lipinski definition) is 6. The van der Waals surface area contributed by atoms with Crippen molar-refractivity contribution < 1.29 is 4.79 Å². The fraction of sp³-hybridized carbons (Fsp3) is 0.364. The van der Waals surface area contributed by atoms with Crippen molar-refractivity contribution in [2.45, 2.75) is 50.4 Å². The quantitative estimate of drug-likeness (QED) is 0.469. The largest absolute Gasteiger partial charge is 0.324 e. The summed E-state index contributed by atoms with van der Waals surface area (Å²) in [7, 11) is 0. The van der Waals surface area contributed by atoms with Gasteiger partial charge in [-0.3, -0.25) is 4.79 Å². The van der Waals surface area contributed by atoms with E-state index in [1.807, 2.05) is 11.4 Å². The van der Waals surface area contributed by atoms with E-state index in [0.717, 1.165) is 49.1 Å². The molecule has 1 unspecified atom stereocenters. The molecule has 0 saturated heterocycles. The highest BCUT2D eigenvalue weighted by Crippen LogP contribution is 2.56. The van der Waals surface area contributed by atoms with Crippen LogP contribution in [0.2, 0.25) is 10.2 Å². The Morgan fingerprint density at radius 3 is 2.73 bits per heavy atom. The van der Waals surface area contributed by atoms with Gasteiger partial charge < -0.3 is 5.32 Å². The number of aryl methyl sites for hydroxylation is 1. The number of aromatic nitrogens is 7. The van der Waals surface area contributed by atoms with Crippen molar-refractivity contribution in [1.82, 2.24) is 34.6 Å². The van der Waals surface area contributed by atoms with Crippen LogP contribution in [0.25, 0.3) is 11.5 Å². The second-order valence-corrected chi connectivity index (χ2v) is 9.48. The van der Waals surface area contributed by atoms with Crippen LogP contribution in [0.1, 0.15) is 55.5 Å². The van der Waals surface area contributed by atoms with Crippen LogP contribution in [0.5, 0.6) is 0 Å². The zero-order chi connectivity index (χ0) is 22.7. The summed E-state index contributed by atoms with van der Waals surface area (Å²) in [6.45, 7) is 2.00. The summed E-state index contributed by atoms with van der Waals surface area (Å²) < 4.78 is 1.82. The number of rotatable bonds is 4. The number of carbonyl (C=O) groups is 1. The monoisotopic (exact) mass is 482 g/mol. The molecule has 0 radical (unpaired) electrons. The minimum Gasteiger partial charge on any atom is -0.324 e. The van der Waals surface area contributed by atoms with Gasteiger partial charge in [0.1, 0.15) is 0 Å². The molecule has 2 aliphatic carbocycles. The van der Waals surface area contributed by atoms with Crippen molar-refractivity contribution in [3.8, 4) is 5.82 Å². The SMILES string of the molecule is CCc1cnn(-c2ncc(NC(=O)C3CC4(CCC4)c4c3cnc3cc(Cl)nn43)cc2Cl)n1. The highest BCUT2D eigenvalue weighted by molar-refractivity contribution is 6.32. The summed E-state index contributed by atoms with van der Waals surface area (Å²) in [4.78, 5) is 23.6. The number of carbonyl (C=O) groups excluding carboxylic acids is 1. The predicted molar refractivity (Wildman–Crippen MR) is 123 cm³/mol. The van der Waals surface area contributed by atoms with E-state index in [4.69, 9.17) is 23.2 Å². The van der Waals surface area contributed by atoms with Crippen molar-refractivity contribution in [2.75, 3.05) is 5.32 Å². The second-order valence-electron chi connectivity index (χ2n) is 8.69. The first-order chi connectivity index (χ1) is 16.0. The molecule has 0 bridgehead atoms. The van der Waals surface area contributed by atoms with Gasteiger partial charge in [0.25, 0.3) is 0 Å². The first-order valence-electron chi connectivity index (χ1n) is 10.9. The first-order valence-corrected chi connectivity index (χ1v) is 11.7. The Labute approximate surface area is 199 Å². The summed E-state index contributed by atoms with van der Waals surface area (Å²) in [6.07, 6.45) is 9.72. The normalized spacial score (nSPS) is 18.5. The average molecular weight is 483 g/mol. The second kappa shape index (κ2) is 7.50. The minimum absolute atomic E-state index is 0.0591. The molecule has 4 aromatic rings. The molecular weight excluding hydrogens is 463 g/mol. The van der Waals surface area contributed by atoms with Gasteiger partial charge in [0.2, 0.25) is 5.91 Å². The Hall–Kier alpha value is -3.04. The lowest BCUT2D eigenvalue weighted by atomic mass is 9.66. The molecule has 168 valence electrons. The molecule has 1 N–H and O–H groups in total. The van der Waals surface area contributed by atoms with E-state index in [9.17, 15) is 4.79 Å². The van der Waals surface area contributed by atoms with Crippen molar-refractivity contribution in [3.05, 3.63) is 57.9 Å².